The van der Waals surface area contributed by atoms with Crippen LogP contribution in [0.2, 0.25) is 0 Å². The number of aryl methyl sites for hydroxylation is 1. The number of hydrogen-bond donors (Lipinski definition) is 3. The molecule has 0 fully saturated rings. The predicted molar refractivity (Wildman–Crippen MR) is 145 cm³/mol. The zero-order valence-electron chi connectivity index (χ0n) is 23.0. The van der Waals surface area contributed by atoms with E-state index in [1.165, 1.54) is 10.6 Å². The topological polar surface area (TPSA) is 132 Å². The number of nitrogens with one attached hydrogen (secondary N) is 2. The second-order valence-corrected chi connectivity index (χ2v) is 10.6. The van der Waals surface area contributed by atoms with Crippen LogP contribution >= 0.6 is 0 Å². The van der Waals surface area contributed by atoms with Gasteiger partial charge in [0.05, 0.1) is 35.6 Å². The third-order valence-electron chi connectivity index (χ3n) is 8.02. The number of aliphatic hydroxyl groups excluding tert-OH is 1. The van der Waals surface area contributed by atoms with Gasteiger partial charge < -0.3 is 29.8 Å². The van der Waals surface area contributed by atoms with E-state index in [0.29, 0.717) is 41.9 Å². The fourth-order valence-electron chi connectivity index (χ4n) is 5.75. The van der Waals surface area contributed by atoms with E-state index >= 15 is 4.39 Å². The highest BCUT2D eigenvalue weighted by molar-refractivity contribution is 5.91. The van der Waals surface area contributed by atoms with E-state index in [0.717, 1.165) is 16.5 Å². The lowest BCUT2D eigenvalue weighted by molar-refractivity contribution is -0.157. The highest BCUT2D eigenvalue weighted by atomic mass is 19.1. The number of likely N-dealkylation sites (N-methyl/N-ethyl adjacent to an activating group) is 1. The number of cyclic esters (lactones) is 1. The molecular weight excluding hydrogens is 519 g/mol. The Kier molecular flexibility index (Phi) is 7.47. The summed E-state index contributed by atoms with van der Waals surface area (Å²) in [6.45, 7) is 6.24. The van der Waals surface area contributed by atoms with Gasteiger partial charge >= 0.3 is 5.97 Å². The minimum atomic E-state index is -1.58. The average Bonchev–Trinajstić information content (AvgIpc) is 2.93. The lowest BCUT2D eigenvalue weighted by Gasteiger charge is -2.36. The van der Waals surface area contributed by atoms with Crippen molar-refractivity contribution in [3.63, 3.8) is 0 Å². The number of benzene rings is 1. The summed E-state index contributed by atoms with van der Waals surface area (Å²) in [7, 11) is 1.69. The van der Waals surface area contributed by atoms with Crippen molar-refractivity contribution in [1.82, 2.24) is 20.2 Å². The molecule has 40 heavy (non-hydrogen) atoms. The van der Waals surface area contributed by atoms with Crippen molar-refractivity contribution in [2.24, 2.45) is 0 Å². The Hall–Kier alpha value is -3.67. The number of aromatic nitrogens is 2. The minimum Gasteiger partial charge on any atom is -0.458 e. The third-order valence-corrected chi connectivity index (χ3v) is 8.02. The molecule has 3 heterocycles. The van der Waals surface area contributed by atoms with Crippen LogP contribution in [0.1, 0.15) is 54.2 Å². The van der Waals surface area contributed by atoms with Crippen LogP contribution in [0.5, 0.6) is 0 Å². The SMILES string of the molecule is CCn1c(-c2cc3c4c(c(C)c(F)cc4n2)CCC3(C)COCNC(=O)CNC)cc2c(c1=O)COC(=O)C2O. The molecule has 2 atom stereocenters. The van der Waals surface area contributed by atoms with Gasteiger partial charge in [0.2, 0.25) is 5.91 Å². The van der Waals surface area contributed by atoms with Gasteiger partial charge in [-0.15, -0.1) is 0 Å². The Morgan fingerprint density at radius 2 is 2.08 bits per heavy atom. The number of ether oxygens (including phenoxy) is 2. The van der Waals surface area contributed by atoms with Gasteiger partial charge in [-0.3, -0.25) is 9.59 Å². The molecule has 3 aromatic rings. The van der Waals surface area contributed by atoms with Crippen molar-refractivity contribution in [2.45, 2.75) is 58.3 Å². The van der Waals surface area contributed by atoms with Crippen LogP contribution in [0.3, 0.4) is 0 Å². The summed E-state index contributed by atoms with van der Waals surface area (Å²) in [5, 5.41) is 16.9. The molecule has 0 radical (unpaired) electrons. The van der Waals surface area contributed by atoms with Crippen molar-refractivity contribution in [3.8, 4) is 11.4 Å². The average molecular weight is 553 g/mol. The highest BCUT2D eigenvalue weighted by Gasteiger charge is 2.36. The molecule has 1 amide bonds. The summed E-state index contributed by atoms with van der Waals surface area (Å²) in [6.07, 6.45) is -0.278. The Morgan fingerprint density at radius 3 is 2.80 bits per heavy atom. The number of hydrogen-bond acceptors (Lipinski definition) is 8. The molecule has 0 saturated heterocycles. The maximum atomic E-state index is 15.0. The fourth-order valence-corrected chi connectivity index (χ4v) is 5.75. The van der Waals surface area contributed by atoms with E-state index in [4.69, 9.17) is 14.5 Å². The van der Waals surface area contributed by atoms with Gasteiger partial charge in [-0.25, -0.2) is 14.2 Å². The standard InChI is InChI=1S/C29H33FN4O6/c1-5-34-23(8-17-18(27(34)37)12-40-28(38)26(17)36)21-9-19-25-16(15(2)20(30)10-22(25)33-21)6-7-29(19,3)13-39-14-32-24(35)11-31-4/h8-10,26,31,36H,5-7,11-14H2,1-4H3,(H,32,35). The van der Waals surface area contributed by atoms with Gasteiger partial charge in [0.15, 0.2) is 6.10 Å². The summed E-state index contributed by atoms with van der Waals surface area (Å²) in [4.78, 5) is 42.1. The van der Waals surface area contributed by atoms with Crippen LogP contribution in [0.15, 0.2) is 23.0 Å². The second-order valence-electron chi connectivity index (χ2n) is 10.6. The summed E-state index contributed by atoms with van der Waals surface area (Å²) >= 11 is 0. The molecule has 3 N–H and O–H groups in total. The summed E-state index contributed by atoms with van der Waals surface area (Å²) in [6, 6.07) is 4.91. The van der Waals surface area contributed by atoms with E-state index < -0.39 is 17.5 Å². The van der Waals surface area contributed by atoms with Gasteiger partial charge in [-0.1, -0.05) is 6.92 Å². The number of pyridine rings is 2. The summed E-state index contributed by atoms with van der Waals surface area (Å²) in [5.74, 6) is -1.36. The van der Waals surface area contributed by atoms with Crippen LogP contribution in [0.4, 0.5) is 4.39 Å². The van der Waals surface area contributed by atoms with Crippen molar-refractivity contribution >= 4 is 22.8 Å². The number of carbonyl (C=O) groups excluding carboxylic acids is 2. The van der Waals surface area contributed by atoms with Gasteiger partial charge in [0.25, 0.3) is 5.56 Å². The molecule has 5 rings (SSSR count). The molecule has 2 aromatic heterocycles. The Bertz CT molecular complexity index is 1590. The first-order chi connectivity index (χ1) is 19.1. The first-order valence-corrected chi connectivity index (χ1v) is 13.3. The van der Waals surface area contributed by atoms with Crippen LogP contribution in [0.25, 0.3) is 22.3 Å². The minimum absolute atomic E-state index is 0.0423. The van der Waals surface area contributed by atoms with Crippen LogP contribution < -0.4 is 16.2 Å². The number of esters is 1. The quantitative estimate of drug-likeness (QED) is 0.220. The largest absolute Gasteiger partial charge is 0.458 e. The van der Waals surface area contributed by atoms with Crippen molar-refractivity contribution in [3.05, 3.63) is 62.2 Å². The second kappa shape index (κ2) is 10.7. The lowest BCUT2D eigenvalue weighted by atomic mass is 9.71. The van der Waals surface area contributed by atoms with Gasteiger partial charge in [-0.05, 0) is 62.6 Å². The van der Waals surface area contributed by atoms with E-state index in [-0.39, 0.29) is 54.9 Å². The molecule has 11 heteroatoms. The number of amides is 1. The van der Waals surface area contributed by atoms with Crippen molar-refractivity contribution < 1.29 is 28.6 Å². The monoisotopic (exact) mass is 552 g/mol. The molecule has 1 aliphatic heterocycles. The Morgan fingerprint density at radius 1 is 1.30 bits per heavy atom. The first kappa shape index (κ1) is 27.9. The van der Waals surface area contributed by atoms with E-state index in [1.54, 1.807) is 20.0 Å². The summed E-state index contributed by atoms with van der Waals surface area (Å²) < 4.78 is 27.5. The Balaban J connectivity index is 1.65. The third kappa shape index (κ3) is 4.67. The van der Waals surface area contributed by atoms with E-state index in [1.807, 2.05) is 13.0 Å². The number of halogens is 1. The van der Waals surface area contributed by atoms with Crippen LogP contribution in [0, 0.1) is 12.7 Å². The van der Waals surface area contributed by atoms with Crippen LogP contribution in [-0.2, 0) is 44.1 Å². The van der Waals surface area contributed by atoms with E-state index in [2.05, 4.69) is 17.6 Å². The zero-order chi connectivity index (χ0) is 28.8. The number of rotatable bonds is 8. The zero-order valence-corrected chi connectivity index (χ0v) is 23.0. The Labute approximate surface area is 230 Å². The number of fused-ring (bicyclic) bond motifs is 1. The molecule has 1 aliphatic carbocycles. The number of carbonyl (C=O) groups is 2. The molecular formula is C29H33FN4O6. The van der Waals surface area contributed by atoms with Gasteiger partial charge in [0.1, 0.15) is 19.2 Å². The lowest BCUT2D eigenvalue weighted by Crippen LogP contribution is -2.37. The molecule has 2 unspecified atom stereocenters. The first-order valence-electron chi connectivity index (χ1n) is 13.3. The molecule has 1 aromatic carbocycles. The number of aliphatic hydroxyl groups is 1. The maximum absolute atomic E-state index is 15.0. The normalized spacial score (nSPS) is 19.9. The van der Waals surface area contributed by atoms with E-state index in [9.17, 15) is 19.5 Å². The highest BCUT2D eigenvalue weighted by Crippen LogP contribution is 2.44. The maximum Gasteiger partial charge on any atom is 0.340 e. The molecule has 0 bridgehead atoms. The van der Waals surface area contributed by atoms with Crippen molar-refractivity contribution in [1.29, 1.82) is 0 Å². The summed E-state index contributed by atoms with van der Waals surface area (Å²) in [5.41, 5.74) is 3.17. The predicted octanol–water partition coefficient (Wildman–Crippen LogP) is 2.13. The molecule has 0 spiro atoms. The smallest absolute Gasteiger partial charge is 0.340 e. The molecule has 212 valence electrons. The fraction of sp³-hybridized carbons (Fsp3) is 0.448. The molecule has 0 saturated carbocycles. The van der Waals surface area contributed by atoms with Crippen molar-refractivity contribution in [2.75, 3.05) is 26.9 Å². The van der Waals surface area contributed by atoms with Gasteiger partial charge in [0, 0.05) is 29.0 Å². The number of nitrogens with zero attached hydrogens (tertiary/aromatic N) is 2. The molecule has 10 nitrogen and oxygen atoms in total. The van der Waals surface area contributed by atoms with Gasteiger partial charge in [-0.2, -0.15) is 0 Å². The van der Waals surface area contributed by atoms with Crippen LogP contribution in [-0.4, -0.2) is 53.5 Å². The molecule has 2 aliphatic rings.